The largest absolute Gasteiger partial charge is 0.399 e. The van der Waals surface area contributed by atoms with Gasteiger partial charge >= 0.3 is 0 Å². The lowest BCUT2D eigenvalue weighted by molar-refractivity contribution is 0.600. The molecule has 1 heterocycles. The van der Waals surface area contributed by atoms with E-state index in [1.165, 1.54) is 6.07 Å². The van der Waals surface area contributed by atoms with Gasteiger partial charge in [0.2, 0.25) is 0 Å². The standard InChI is InChI=1S/C13H18N4O2S/c1-4-10-5-6-11(14)7-12(10)20(18,19)17-13-8(2)9(3)15-16-13/h5-7H,4,14H2,1-3H3,(H2,15,16,17). The van der Waals surface area contributed by atoms with Crippen molar-refractivity contribution in [1.29, 1.82) is 0 Å². The third kappa shape index (κ3) is 2.62. The predicted octanol–water partition coefficient (Wildman–Crippen LogP) is 1.97. The highest BCUT2D eigenvalue weighted by atomic mass is 32.2. The molecule has 0 bridgehead atoms. The lowest BCUT2D eigenvalue weighted by Crippen LogP contribution is -2.16. The van der Waals surface area contributed by atoms with Crippen LogP contribution >= 0.6 is 0 Å². The Morgan fingerprint density at radius 3 is 2.60 bits per heavy atom. The van der Waals surface area contributed by atoms with Crippen molar-refractivity contribution < 1.29 is 8.42 Å². The van der Waals surface area contributed by atoms with Crippen LogP contribution in [0, 0.1) is 13.8 Å². The first-order valence-corrected chi connectivity index (χ1v) is 7.76. The smallest absolute Gasteiger partial charge is 0.263 e. The van der Waals surface area contributed by atoms with Crippen LogP contribution in [-0.2, 0) is 16.4 Å². The van der Waals surface area contributed by atoms with Crippen LogP contribution in [0.25, 0.3) is 0 Å². The molecule has 0 saturated carbocycles. The average Bonchev–Trinajstić information content (AvgIpc) is 2.70. The molecule has 0 aliphatic carbocycles. The highest BCUT2D eigenvalue weighted by molar-refractivity contribution is 7.92. The zero-order chi connectivity index (χ0) is 14.9. The van der Waals surface area contributed by atoms with E-state index < -0.39 is 10.0 Å². The number of rotatable bonds is 4. The number of aryl methyl sites for hydroxylation is 2. The molecular formula is C13H18N4O2S. The molecule has 1 aromatic carbocycles. The third-order valence-corrected chi connectivity index (χ3v) is 4.67. The summed E-state index contributed by atoms with van der Waals surface area (Å²) in [4.78, 5) is 0.194. The van der Waals surface area contributed by atoms with Crippen molar-refractivity contribution in [1.82, 2.24) is 10.2 Å². The van der Waals surface area contributed by atoms with Crippen LogP contribution in [-0.4, -0.2) is 18.6 Å². The van der Waals surface area contributed by atoms with Crippen molar-refractivity contribution in [2.24, 2.45) is 0 Å². The number of nitrogens with one attached hydrogen (secondary N) is 2. The fourth-order valence-corrected chi connectivity index (χ4v) is 3.29. The summed E-state index contributed by atoms with van der Waals surface area (Å²) in [5, 5.41) is 6.71. The van der Waals surface area contributed by atoms with Gasteiger partial charge in [0, 0.05) is 16.9 Å². The number of nitrogens with zero attached hydrogens (tertiary/aromatic N) is 1. The Kier molecular flexibility index (Phi) is 3.71. The normalized spacial score (nSPS) is 11.6. The summed E-state index contributed by atoms with van der Waals surface area (Å²) < 4.78 is 27.4. The lowest BCUT2D eigenvalue weighted by atomic mass is 10.1. The average molecular weight is 294 g/mol. The van der Waals surface area contributed by atoms with Gasteiger partial charge in [0.25, 0.3) is 10.0 Å². The molecule has 2 rings (SSSR count). The first kappa shape index (κ1) is 14.4. The summed E-state index contributed by atoms with van der Waals surface area (Å²) >= 11 is 0. The van der Waals surface area contributed by atoms with Crippen LogP contribution in [0.15, 0.2) is 23.1 Å². The molecule has 108 valence electrons. The van der Waals surface area contributed by atoms with Crippen LogP contribution in [0.5, 0.6) is 0 Å². The molecule has 0 unspecified atom stereocenters. The molecule has 6 nitrogen and oxygen atoms in total. The van der Waals surface area contributed by atoms with Crippen molar-refractivity contribution in [3.05, 3.63) is 35.0 Å². The Morgan fingerprint density at radius 1 is 1.35 bits per heavy atom. The number of benzene rings is 1. The van der Waals surface area contributed by atoms with Gasteiger partial charge in [0.05, 0.1) is 4.90 Å². The van der Waals surface area contributed by atoms with Gasteiger partial charge in [0.15, 0.2) is 5.82 Å². The Hall–Kier alpha value is -2.02. The van der Waals surface area contributed by atoms with E-state index in [-0.39, 0.29) is 4.90 Å². The maximum atomic E-state index is 12.5. The highest BCUT2D eigenvalue weighted by Crippen LogP contribution is 2.23. The predicted molar refractivity (Wildman–Crippen MR) is 79.1 cm³/mol. The zero-order valence-corrected chi connectivity index (χ0v) is 12.5. The van der Waals surface area contributed by atoms with Gasteiger partial charge in [-0.1, -0.05) is 13.0 Å². The summed E-state index contributed by atoms with van der Waals surface area (Å²) in [6, 6.07) is 4.89. The minimum Gasteiger partial charge on any atom is -0.399 e. The van der Waals surface area contributed by atoms with Gasteiger partial charge in [-0.3, -0.25) is 9.82 Å². The van der Waals surface area contributed by atoms with E-state index in [1.54, 1.807) is 19.1 Å². The second-order valence-corrected chi connectivity index (χ2v) is 6.30. The summed E-state index contributed by atoms with van der Waals surface area (Å²) in [6.07, 6.45) is 0.606. The number of H-pyrrole nitrogens is 1. The Labute approximate surface area is 118 Å². The van der Waals surface area contributed by atoms with Gasteiger partial charge < -0.3 is 5.73 Å². The van der Waals surface area contributed by atoms with E-state index in [9.17, 15) is 8.42 Å². The van der Waals surface area contributed by atoms with Crippen LogP contribution < -0.4 is 10.5 Å². The minimum absolute atomic E-state index is 0.194. The molecule has 0 atom stereocenters. The van der Waals surface area contributed by atoms with Gasteiger partial charge in [-0.2, -0.15) is 5.10 Å². The molecule has 7 heteroatoms. The fourth-order valence-electron chi connectivity index (χ4n) is 1.88. The monoisotopic (exact) mass is 294 g/mol. The van der Waals surface area contributed by atoms with Gasteiger partial charge in [0.1, 0.15) is 0 Å². The van der Waals surface area contributed by atoms with Gasteiger partial charge in [-0.25, -0.2) is 8.42 Å². The second kappa shape index (κ2) is 5.16. The first-order valence-electron chi connectivity index (χ1n) is 6.28. The van der Waals surface area contributed by atoms with Crippen molar-refractivity contribution in [3.63, 3.8) is 0 Å². The van der Waals surface area contributed by atoms with Crippen LogP contribution in [0.2, 0.25) is 0 Å². The lowest BCUT2D eigenvalue weighted by Gasteiger charge is -2.11. The summed E-state index contributed by atoms with van der Waals surface area (Å²) in [5.41, 5.74) is 8.42. The number of aromatic nitrogens is 2. The van der Waals surface area contributed by atoms with Gasteiger partial charge in [-0.05, 0) is 38.0 Å². The SMILES string of the molecule is CCc1ccc(N)cc1S(=O)(=O)Nc1n[nH]c(C)c1C. The van der Waals surface area contributed by atoms with Crippen molar-refractivity contribution in [3.8, 4) is 0 Å². The van der Waals surface area contributed by atoms with Crippen LogP contribution in [0.1, 0.15) is 23.7 Å². The molecule has 20 heavy (non-hydrogen) atoms. The third-order valence-electron chi connectivity index (χ3n) is 3.25. The number of sulfonamides is 1. The Bertz CT molecular complexity index is 735. The Balaban J connectivity index is 2.45. The molecule has 2 aromatic rings. The molecular weight excluding hydrogens is 276 g/mol. The molecule has 0 aliphatic heterocycles. The summed E-state index contributed by atoms with van der Waals surface area (Å²) in [7, 11) is -3.70. The summed E-state index contributed by atoms with van der Waals surface area (Å²) in [5.74, 6) is 0.312. The van der Waals surface area contributed by atoms with Gasteiger partial charge in [-0.15, -0.1) is 0 Å². The maximum absolute atomic E-state index is 12.5. The van der Waals surface area contributed by atoms with Crippen LogP contribution in [0.3, 0.4) is 0 Å². The number of hydrogen-bond acceptors (Lipinski definition) is 4. The van der Waals surface area contributed by atoms with E-state index >= 15 is 0 Å². The molecule has 0 fully saturated rings. The van der Waals surface area contributed by atoms with E-state index in [4.69, 9.17) is 5.73 Å². The molecule has 4 N–H and O–H groups in total. The van der Waals surface area contributed by atoms with Crippen molar-refractivity contribution in [2.75, 3.05) is 10.5 Å². The molecule has 1 aromatic heterocycles. The molecule has 0 saturated heterocycles. The van der Waals surface area contributed by atoms with Crippen LogP contribution in [0.4, 0.5) is 11.5 Å². The quantitative estimate of drug-likeness (QED) is 0.750. The molecule has 0 spiro atoms. The zero-order valence-electron chi connectivity index (χ0n) is 11.7. The van der Waals surface area contributed by atoms with E-state index in [2.05, 4.69) is 14.9 Å². The molecule has 0 aliphatic rings. The van der Waals surface area contributed by atoms with E-state index in [0.29, 0.717) is 17.9 Å². The topological polar surface area (TPSA) is 101 Å². The number of nitrogen functional groups attached to an aromatic ring is 1. The number of anilines is 2. The fraction of sp³-hybridized carbons (Fsp3) is 0.308. The number of nitrogens with two attached hydrogens (primary N) is 1. The Morgan fingerprint density at radius 2 is 2.05 bits per heavy atom. The summed E-state index contributed by atoms with van der Waals surface area (Å²) in [6.45, 7) is 5.53. The van der Waals surface area contributed by atoms with Crippen molar-refractivity contribution >= 4 is 21.5 Å². The second-order valence-electron chi connectivity index (χ2n) is 4.65. The van der Waals surface area contributed by atoms with E-state index in [1.807, 2.05) is 13.8 Å². The van der Waals surface area contributed by atoms with E-state index in [0.717, 1.165) is 16.8 Å². The maximum Gasteiger partial charge on any atom is 0.263 e. The first-order chi connectivity index (χ1) is 9.35. The number of hydrogen-bond donors (Lipinski definition) is 3. The molecule has 0 amide bonds. The van der Waals surface area contributed by atoms with Crippen molar-refractivity contribution in [2.45, 2.75) is 32.1 Å². The molecule has 0 radical (unpaired) electrons. The highest BCUT2D eigenvalue weighted by Gasteiger charge is 2.20. The minimum atomic E-state index is -3.70. The number of aromatic amines is 1.